The molecule has 1 N–H and O–H groups in total. The van der Waals surface area contributed by atoms with Crippen LogP contribution in [0.1, 0.15) is 15.9 Å². The quantitative estimate of drug-likeness (QED) is 0.626. The second-order valence-corrected chi connectivity index (χ2v) is 5.82. The number of benzene rings is 2. The molecule has 0 aliphatic rings. The predicted octanol–water partition coefficient (Wildman–Crippen LogP) is 4.86. The van der Waals surface area contributed by atoms with Crippen molar-refractivity contribution in [2.24, 2.45) is 0 Å². The minimum atomic E-state index is -2.95. The summed E-state index contributed by atoms with van der Waals surface area (Å²) in [6.45, 7) is -2.69. The van der Waals surface area contributed by atoms with Crippen LogP contribution in [0.4, 0.5) is 24.5 Å². The van der Waals surface area contributed by atoms with Gasteiger partial charge in [-0.3, -0.25) is 4.98 Å². The van der Waals surface area contributed by atoms with Crippen molar-refractivity contribution in [3.8, 4) is 5.75 Å². The van der Waals surface area contributed by atoms with Crippen LogP contribution < -0.4 is 9.64 Å². The van der Waals surface area contributed by atoms with Gasteiger partial charge in [0, 0.05) is 30.3 Å². The van der Waals surface area contributed by atoms with Crippen LogP contribution in [-0.2, 0) is 6.54 Å². The van der Waals surface area contributed by atoms with Gasteiger partial charge >= 0.3 is 12.6 Å². The maximum absolute atomic E-state index is 14.0. The lowest BCUT2D eigenvalue weighted by Gasteiger charge is -2.26. The third-order valence-electron chi connectivity index (χ3n) is 3.88. The maximum atomic E-state index is 14.0. The molecular weight excluding hydrogens is 373 g/mol. The summed E-state index contributed by atoms with van der Waals surface area (Å²) < 4.78 is 43.1. The van der Waals surface area contributed by atoms with E-state index in [0.717, 1.165) is 11.6 Å². The molecule has 0 saturated heterocycles. The molecule has 3 aromatic rings. The molecule has 0 unspecified atom stereocenters. The number of aromatic nitrogens is 1. The van der Waals surface area contributed by atoms with Crippen LogP contribution in [0.3, 0.4) is 0 Å². The number of hydrogen-bond donors (Lipinski definition) is 1. The highest BCUT2D eigenvalue weighted by Gasteiger charge is 2.16. The molecular formula is C20H15F3N2O3. The first-order valence-electron chi connectivity index (χ1n) is 8.17. The van der Waals surface area contributed by atoms with E-state index in [9.17, 15) is 23.1 Å². The smallest absolute Gasteiger partial charge is 0.387 e. The average molecular weight is 388 g/mol. The normalized spacial score (nSPS) is 10.7. The van der Waals surface area contributed by atoms with E-state index in [2.05, 4.69) is 9.72 Å². The lowest BCUT2D eigenvalue weighted by molar-refractivity contribution is -0.0498. The van der Waals surface area contributed by atoms with Crippen LogP contribution in [0.15, 0.2) is 67.0 Å². The van der Waals surface area contributed by atoms with Gasteiger partial charge in [0.2, 0.25) is 0 Å². The molecule has 0 bridgehead atoms. The van der Waals surface area contributed by atoms with Gasteiger partial charge in [-0.25, -0.2) is 9.18 Å². The predicted molar refractivity (Wildman–Crippen MR) is 96.5 cm³/mol. The van der Waals surface area contributed by atoms with Crippen LogP contribution in [0.25, 0.3) is 0 Å². The van der Waals surface area contributed by atoms with Gasteiger partial charge in [0.05, 0.1) is 5.56 Å². The van der Waals surface area contributed by atoms with Crippen LogP contribution in [0, 0.1) is 5.82 Å². The Morgan fingerprint density at radius 3 is 2.46 bits per heavy atom. The number of rotatable bonds is 7. The second-order valence-electron chi connectivity index (χ2n) is 5.82. The largest absolute Gasteiger partial charge is 0.478 e. The summed E-state index contributed by atoms with van der Waals surface area (Å²) >= 11 is 0. The molecule has 5 nitrogen and oxygen atoms in total. The van der Waals surface area contributed by atoms with Gasteiger partial charge in [0.15, 0.2) is 0 Å². The van der Waals surface area contributed by atoms with Crippen LogP contribution in [0.5, 0.6) is 5.75 Å². The minimum Gasteiger partial charge on any atom is -0.478 e. The van der Waals surface area contributed by atoms with E-state index in [1.54, 1.807) is 23.4 Å². The van der Waals surface area contributed by atoms with Gasteiger partial charge in [-0.1, -0.05) is 6.07 Å². The van der Waals surface area contributed by atoms with Gasteiger partial charge in [0.25, 0.3) is 0 Å². The van der Waals surface area contributed by atoms with Crippen molar-refractivity contribution >= 4 is 17.3 Å². The topological polar surface area (TPSA) is 62.7 Å². The van der Waals surface area contributed by atoms with Crippen LogP contribution in [-0.4, -0.2) is 22.7 Å². The fourth-order valence-electron chi connectivity index (χ4n) is 2.67. The molecule has 0 atom stereocenters. The Kier molecular flexibility index (Phi) is 5.78. The van der Waals surface area contributed by atoms with E-state index in [4.69, 9.17) is 0 Å². The summed E-state index contributed by atoms with van der Waals surface area (Å²) in [5.41, 5.74) is 1.41. The number of aromatic carboxylic acids is 1. The van der Waals surface area contributed by atoms with Crippen molar-refractivity contribution in [1.29, 1.82) is 0 Å². The third kappa shape index (κ3) is 4.79. The highest BCUT2D eigenvalue weighted by atomic mass is 19.3. The van der Waals surface area contributed by atoms with Gasteiger partial charge in [-0.2, -0.15) is 8.78 Å². The lowest BCUT2D eigenvalue weighted by atomic mass is 10.1. The van der Waals surface area contributed by atoms with E-state index in [0.29, 0.717) is 11.4 Å². The van der Waals surface area contributed by atoms with E-state index in [1.165, 1.54) is 36.4 Å². The molecule has 0 amide bonds. The molecule has 1 heterocycles. The first-order chi connectivity index (χ1) is 13.4. The number of alkyl halides is 2. The molecule has 3 rings (SSSR count). The number of carboxylic acids is 1. The first kappa shape index (κ1) is 19.2. The second kappa shape index (κ2) is 8.43. The number of ether oxygens (including phenoxy) is 1. The summed E-state index contributed by atoms with van der Waals surface area (Å²) in [5, 5.41) is 9.21. The zero-order valence-corrected chi connectivity index (χ0v) is 14.4. The van der Waals surface area contributed by atoms with Crippen molar-refractivity contribution in [1.82, 2.24) is 4.98 Å². The molecule has 0 saturated carbocycles. The number of carboxylic acid groups (broad SMARTS) is 1. The molecule has 8 heteroatoms. The zero-order valence-electron chi connectivity index (χ0n) is 14.4. The van der Waals surface area contributed by atoms with Crippen LogP contribution >= 0.6 is 0 Å². The van der Waals surface area contributed by atoms with Gasteiger partial charge < -0.3 is 14.7 Å². The Bertz CT molecular complexity index is 951. The molecule has 0 spiro atoms. The number of halogens is 3. The Hall–Kier alpha value is -3.55. The van der Waals surface area contributed by atoms with Crippen molar-refractivity contribution in [2.75, 3.05) is 4.90 Å². The van der Waals surface area contributed by atoms with E-state index >= 15 is 0 Å². The molecule has 1 aromatic heterocycles. The Morgan fingerprint density at radius 1 is 1.11 bits per heavy atom. The van der Waals surface area contributed by atoms with Gasteiger partial charge in [-0.05, 0) is 54.1 Å². The number of nitrogens with zero attached hydrogens (tertiary/aromatic N) is 2. The van der Waals surface area contributed by atoms with Crippen molar-refractivity contribution < 1.29 is 27.8 Å². The Balaban J connectivity index is 2.01. The summed E-state index contributed by atoms with van der Waals surface area (Å²) in [5.74, 6) is -1.99. The highest BCUT2D eigenvalue weighted by Crippen LogP contribution is 2.31. The van der Waals surface area contributed by atoms with E-state index in [-0.39, 0.29) is 17.9 Å². The SMILES string of the molecule is O=C(O)c1cc(F)cc(N(Cc2cccnc2)c2ccc(OC(F)F)cc2)c1. The summed E-state index contributed by atoms with van der Waals surface area (Å²) in [6, 6.07) is 12.8. The zero-order chi connectivity index (χ0) is 20.1. The molecule has 0 fully saturated rings. The van der Waals surface area contributed by atoms with Gasteiger partial charge in [0.1, 0.15) is 11.6 Å². The number of carbonyl (C=O) groups is 1. The number of pyridine rings is 1. The summed E-state index contributed by atoms with van der Waals surface area (Å²) in [4.78, 5) is 17.0. The lowest BCUT2D eigenvalue weighted by Crippen LogP contribution is -2.17. The standard InChI is InChI=1S/C20H15F3N2O3/c21-15-8-14(19(26)27)9-17(10-15)25(12-13-2-1-7-24-11-13)16-3-5-18(6-4-16)28-20(22)23/h1-11,20H,12H2,(H,26,27). The minimum absolute atomic E-state index is 0.0226. The average Bonchev–Trinajstić information content (AvgIpc) is 2.67. The van der Waals surface area contributed by atoms with Gasteiger partial charge in [-0.15, -0.1) is 0 Å². The highest BCUT2D eigenvalue weighted by molar-refractivity contribution is 5.89. The molecule has 144 valence electrons. The fourth-order valence-corrected chi connectivity index (χ4v) is 2.67. The summed E-state index contributed by atoms with van der Waals surface area (Å²) in [7, 11) is 0. The maximum Gasteiger partial charge on any atom is 0.387 e. The molecule has 2 aromatic carbocycles. The van der Waals surface area contributed by atoms with Crippen molar-refractivity contribution in [2.45, 2.75) is 13.2 Å². The third-order valence-corrected chi connectivity index (χ3v) is 3.88. The number of hydrogen-bond acceptors (Lipinski definition) is 4. The first-order valence-corrected chi connectivity index (χ1v) is 8.17. The van der Waals surface area contributed by atoms with Crippen molar-refractivity contribution in [3.05, 3.63) is 83.9 Å². The van der Waals surface area contributed by atoms with Crippen LogP contribution in [0.2, 0.25) is 0 Å². The summed E-state index contributed by atoms with van der Waals surface area (Å²) in [6.07, 6.45) is 3.23. The molecule has 28 heavy (non-hydrogen) atoms. The molecule has 0 aliphatic heterocycles. The Labute approximate surface area is 158 Å². The monoisotopic (exact) mass is 388 g/mol. The number of anilines is 2. The Morgan fingerprint density at radius 2 is 1.86 bits per heavy atom. The van der Waals surface area contributed by atoms with Crippen molar-refractivity contribution in [3.63, 3.8) is 0 Å². The van der Waals surface area contributed by atoms with E-state index in [1.807, 2.05) is 6.07 Å². The fraction of sp³-hybridized carbons (Fsp3) is 0.100. The van der Waals surface area contributed by atoms with E-state index < -0.39 is 18.4 Å². The molecule has 0 aliphatic carbocycles. The molecule has 0 radical (unpaired) electrons.